The number of aliphatic carboxylic acids is 1. The molecule has 0 unspecified atom stereocenters. The highest BCUT2D eigenvalue weighted by Crippen LogP contribution is 2.48. The second-order valence-corrected chi connectivity index (χ2v) is 9.73. The number of aromatic hydroxyl groups is 1. The molecule has 0 bridgehead atoms. The SMILES string of the molecule is COc1ccc(/C=C/C(=O)O[C@H]2C[C@@H]3C(C(=O)O)=CO[C@@H](O[C@@H]4O[C@H](CO)[C@@H](O)[C@H](O)[C@H]4O)[C@@H]3[C@H]2C)cc1O. The van der Waals surface area contributed by atoms with E-state index in [2.05, 4.69) is 0 Å². The minimum atomic E-state index is -1.68. The molecule has 10 atom stereocenters. The molecule has 0 radical (unpaired) electrons. The molecule has 1 saturated carbocycles. The first-order valence-electron chi connectivity index (χ1n) is 12.4. The van der Waals surface area contributed by atoms with E-state index in [4.69, 9.17) is 23.7 Å². The number of carbonyl (C=O) groups excluding carboxylic acids is 1. The highest BCUT2D eigenvalue weighted by atomic mass is 16.8. The van der Waals surface area contributed by atoms with Gasteiger partial charge in [0.2, 0.25) is 6.29 Å². The van der Waals surface area contributed by atoms with Crippen LogP contribution in [0.1, 0.15) is 18.9 Å². The molecule has 0 aromatic heterocycles. The standard InChI is InChI=1S/C26H32O13/c1-11-17(37-19(29)6-4-12-3-5-16(35-2)15(28)7-12)8-13-14(24(33)34)10-36-25(20(11)13)39-26-23(32)22(31)21(30)18(9-27)38-26/h3-7,10-11,13,17-18,20-23,25-28,30-32H,8-9H2,1-2H3,(H,33,34)/b6-4+/t11-,13+,17-,18+,20+,21+,22-,23+,25-,26-/m0/s1. The predicted molar refractivity (Wildman–Crippen MR) is 130 cm³/mol. The first-order valence-corrected chi connectivity index (χ1v) is 12.4. The number of aliphatic hydroxyl groups excluding tert-OH is 4. The number of esters is 1. The van der Waals surface area contributed by atoms with E-state index in [9.17, 15) is 40.2 Å². The fourth-order valence-electron chi connectivity index (χ4n) is 5.29. The van der Waals surface area contributed by atoms with Crippen LogP contribution >= 0.6 is 0 Å². The van der Waals surface area contributed by atoms with Gasteiger partial charge in [0.25, 0.3) is 0 Å². The second-order valence-electron chi connectivity index (χ2n) is 9.73. The monoisotopic (exact) mass is 552 g/mol. The third kappa shape index (κ3) is 5.88. The summed E-state index contributed by atoms with van der Waals surface area (Å²) in [7, 11) is 1.41. The van der Waals surface area contributed by atoms with Crippen molar-refractivity contribution in [3.8, 4) is 11.5 Å². The van der Waals surface area contributed by atoms with Crippen LogP contribution < -0.4 is 4.74 Å². The van der Waals surface area contributed by atoms with Crippen molar-refractivity contribution in [1.29, 1.82) is 0 Å². The Bertz CT molecular complexity index is 1120. The number of fused-ring (bicyclic) bond motifs is 1. The number of phenolic OH excluding ortho intramolecular Hbond substituents is 1. The van der Waals surface area contributed by atoms with Crippen LogP contribution in [0, 0.1) is 17.8 Å². The maximum atomic E-state index is 12.6. The number of rotatable bonds is 8. The van der Waals surface area contributed by atoms with E-state index in [1.54, 1.807) is 19.1 Å². The van der Waals surface area contributed by atoms with E-state index in [1.807, 2.05) is 0 Å². The third-order valence-corrected chi connectivity index (χ3v) is 7.43. The van der Waals surface area contributed by atoms with Gasteiger partial charge in [-0.15, -0.1) is 0 Å². The summed E-state index contributed by atoms with van der Waals surface area (Å²) in [6.45, 7) is 1.09. The van der Waals surface area contributed by atoms with E-state index < -0.39 is 79.4 Å². The lowest BCUT2D eigenvalue weighted by atomic mass is 9.83. The normalized spacial score (nSPS) is 36.1. The van der Waals surface area contributed by atoms with Crippen molar-refractivity contribution >= 4 is 18.0 Å². The lowest BCUT2D eigenvalue weighted by Crippen LogP contribution is -2.60. The maximum Gasteiger partial charge on any atom is 0.334 e. The van der Waals surface area contributed by atoms with Crippen LogP contribution in [0.25, 0.3) is 6.08 Å². The zero-order valence-corrected chi connectivity index (χ0v) is 21.2. The number of aliphatic hydroxyl groups is 4. The van der Waals surface area contributed by atoms with Gasteiger partial charge in [0.05, 0.1) is 25.6 Å². The highest BCUT2D eigenvalue weighted by molar-refractivity contribution is 5.88. The van der Waals surface area contributed by atoms with Gasteiger partial charge in [0.1, 0.15) is 30.5 Å². The van der Waals surface area contributed by atoms with Crippen molar-refractivity contribution in [3.63, 3.8) is 0 Å². The maximum absolute atomic E-state index is 12.6. The van der Waals surface area contributed by atoms with Crippen molar-refractivity contribution in [1.82, 2.24) is 0 Å². The Balaban J connectivity index is 1.47. The van der Waals surface area contributed by atoms with Crippen molar-refractivity contribution in [2.24, 2.45) is 17.8 Å². The van der Waals surface area contributed by atoms with Crippen LogP contribution in [0.4, 0.5) is 0 Å². The molecule has 2 fully saturated rings. The largest absolute Gasteiger partial charge is 0.504 e. The molecule has 39 heavy (non-hydrogen) atoms. The van der Waals surface area contributed by atoms with Crippen molar-refractivity contribution in [2.45, 2.75) is 56.4 Å². The second kappa shape index (κ2) is 11.9. The molecule has 3 aliphatic rings. The summed E-state index contributed by atoms with van der Waals surface area (Å²) in [5.41, 5.74) is 0.485. The van der Waals surface area contributed by atoms with Crippen molar-refractivity contribution in [2.75, 3.05) is 13.7 Å². The van der Waals surface area contributed by atoms with Gasteiger partial charge in [-0.05, 0) is 30.2 Å². The van der Waals surface area contributed by atoms with E-state index in [0.717, 1.165) is 6.26 Å². The molecular weight excluding hydrogens is 520 g/mol. The van der Waals surface area contributed by atoms with Crippen LogP contribution in [0.5, 0.6) is 11.5 Å². The number of carbonyl (C=O) groups is 2. The fourth-order valence-corrected chi connectivity index (χ4v) is 5.29. The van der Waals surface area contributed by atoms with E-state index in [1.165, 1.54) is 25.3 Å². The summed E-state index contributed by atoms with van der Waals surface area (Å²) in [6, 6.07) is 4.59. The molecule has 13 nitrogen and oxygen atoms in total. The van der Waals surface area contributed by atoms with Crippen LogP contribution in [0.15, 0.2) is 36.1 Å². The highest BCUT2D eigenvalue weighted by Gasteiger charge is 2.54. The summed E-state index contributed by atoms with van der Waals surface area (Å²) in [6.07, 6.45) is -5.67. The Kier molecular flexibility index (Phi) is 8.79. The summed E-state index contributed by atoms with van der Waals surface area (Å²) in [5, 5.41) is 59.5. The molecule has 1 aliphatic carbocycles. The summed E-state index contributed by atoms with van der Waals surface area (Å²) < 4.78 is 27.4. The molecule has 4 rings (SSSR count). The quantitative estimate of drug-likeness (QED) is 0.182. The fraction of sp³-hybridized carbons (Fsp3) is 0.538. The summed E-state index contributed by atoms with van der Waals surface area (Å²) >= 11 is 0. The van der Waals surface area contributed by atoms with E-state index in [-0.39, 0.29) is 23.5 Å². The van der Waals surface area contributed by atoms with Crippen molar-refractivity contribution in [3.05, 3.63) is 41.7 Å². The van der Waals surface area contributed by atoms with Crippen LogP contribution in [-0.2, 0) is 28.5 Å². The Morgan fingerprint density at radius 3 is 2.51 bits per heavy atom. The average molecular weight is 553 g/mol. The molecule has 214 valence electrons. The molecule has 0 amide bonds. The van der Waals surface area contributed by atoms with Gasteiger partial charge >= 0.3 is 11.9 Å². The number of benzene rings is 1. The first-order chi connectivity index (χ1) is 18.5. The zero-order valence-electron chi connectivity index (χ0n) is 21.2. The van der Waals surface area contributed by atoms with Crippen LogP contribution in [-0.4, -0.2) is 99.4 Å². The van der Waals surface area contributed by atoms with E-state index >= 15 is 0 Å². The predicted octanol–water partition coefficient (Wildman–Crippen LogP) is -0.261. The summed E-state index contributed by atoms with van der Waals surface area (Å²) in [5.74, 6) is -3.46. The molecule has 1 aromatic carbocycles. The molecule has 0 spiro atoms. The minimum Gasteiger partial charge on any atom is -0.504 e. The summed E-state index contributed by atoms with van der Waals surface area (Å²) in [4.78, 5) is 24.5. The van der Waals surface area contributed by atoms with Gasteiger partial charge in [-0.2, -0.15) is 0 Å². The molecule has 2 heterocycles. The van der Waals surface area contributed by atoms with Gasteiger partial charge < -0.3 is 54.3 Å². The molecular formula is C26H32O13. The Labute approximate surface area is 223 Å². The first kappa shape index (κ1) is 28.8. The third-order valence-electron chi connectivity index (χ3n) is 7.43. The van der Waals surface area contributed by atoms with Gasteiger partial charge in [-0.25, -0.2) is 9.59 Å². The van der Waals surface area contributed by atoms with Gasteiger partial charge in [0.15, 0.2) is 17.8 Å². The zero-order chi connectivity index (χ0) is 28.4. The molecule has 1 aromatic rings. The number of ether oxygens (including phenoxy) is 5. The lowest BCUT2D eigenvalue weighted by Gasteiger charge is -2.43. The van der Waals surface area contributed by atoms with E-state index in [0.29, 0.717) is 5.56 Å². The number of hydrogen-bond acceptors (Lipinski definition) is 12. The van der Waals surface area contributed by atoms with Crippen molar-refractivity contribution < 1.29 is 63.9 Å². The minimum absolute atomic E-state index is 0.0386. The average Bonchev–Trinajstić information content (AvgIpc) is 3.23. The Morgan fingerprint density at radius 2 is 1.87 bits per heavy atom. The number of phenols is 1. The van der Waals surface area contributed by atoms with Gasteiger partial charge in [-0.3, -0.25) is 0 Å². The van der Waals surface area contributed by atoms with Crippen LogP contribution in [0.2, 0.25) is 0 Å². The number of hydrogen-bond donors (Lipinski definition) is 6. The Morgan fingerprint density at radius 1 is 1.13 bits per heavy atom. The molecule has 6 N–H and O–H groups in total. The van der Waals surface area contributed by atoms with Gasteiger partial charge in [0, 0.05) is 23.8 Å². The topological polar surface area (TPSA) is 202 Å². The van der Waals surface area contributed by atoms with Crippen LogP contribution in [0.3, 0.4) is 0 Å². The van der Waals surface area contributed by atoms with Gasteiger partial charge in [-0.1, -0.05) is 13.0 Å². The molecule has 13 heteroatoms. The lowest BCUT2D eigenvalue weighted by molar-refractivity contribution is -0.342. The number of methoxy groups -OCH3 is 1. The smallest absolute Gasteiger partial charge is 0.334 e. The Hall–Kier alpha value is -3.20. The number of carboxylic acid groups (broad SMARTS) is 1. The number of carboxylic acids is 1. The molecule has 2 aliphatic heterocycles. The molecule has 1 saturated heterocycles.